The first-order valence-electron chi connectivity index (χ1n) is 7.08. The summed E-state index contributed by atoms with van der Waals surface area (Å²) in [6.45, 7) is 7.35. The molecule has 1 unspecified atom stereocenters. The molecule has 0 saturated heterocycles. The first-order chi connectivity index (χ1) is 10.2. The summed E-state index contributed by atoms with van der Waals surface area (Å²) in [6.07, 6.45) is 0. The third kappa shape index (κ3) is 3.68. The summed E-state index contributed by atoms with van der Waals surface area (Å²) in [6, 6.07) is 6.99. The molecule has 1 aromatic heterocycles. The highest BCUT2D eigenvalue weighted by Gasteiger charge is 2.23. The molecule has 0 aliphatic carbocycles. The predicted molar refractivity (Wildman–Crippen MR) is 90.8 cm³/mol. The number of amides is 2. The number of halogens is 1. The van der Waals surface area contributed by atoms with Gasteiger partial charge in [0, 0.05) is 16.4 Å². The number of carbonyl (C=O) groups is 2. The van der Waals surface area contributed by atoms with Crippen LogP contribution in [0.25, 0.3) is 10.9 Å². The van der Waals surface area contributed by atoms with E-state index < -0.39 is 6.04 Å². The van der Waals surface area contributed by atoms with Gasteiger partial charge in [-0.15, -0.1) is 0 Å². The topological polar surface area (TPSA) is 74.0 Å². The Hall–Kier alpha value is -1.82. The number of H-pyrrole nitrogens is 1. The molecule has 118 valence electrons. The molecule has 6 heteroatoms. The minimum atomic E-state index is -0.620. The van der Waals surface area contributed by atoms with Gasteiger partial charge in [-0.25, -0.2) is 0 Å². The number of fused-ring (bicyclic) bond motifs is 1. The van der Waals surface area contributed by atoms with Gasteiger partial charge in [-0.2, -0.15) is 0 Å². The van der Waals surface area contributed by atoms with Crippen molar-refractivity contribution in [2.24, 2.45) is 0 Å². The van der Waals surface area contributed by atoms with Gasteiger partial charge < -0.3 is 15.6 Å². The van der Waals surface area contributed by atoms with Crippen LogP contribution in [0.2, 0.25) is 0 Å². The number of carbonyl (C=O) groups excluding carboxylic acids is 2. The zero-order chi connectivity index (χ0) is 16.5. The van der Waals surface area contributed by atoms with Crippen LogP contribution < -0.4 is 10.6 Å². The fraction of sp³-hybridized carbons (Fsp3) is 0.375. The molecule has 0 fully saturated rings. The van der Waals surface area contributed by atoms with Crippen molar-refractivity contribution in [2.75, 3.05) is 0 Å². The lowest BCUT2D eigenvalue weighted by Gasteiger charge is -2.23. The van der Waals surface area contributed by atoms with Crippen molar-refractivity contribution in [3.8, 4) is 0 Å². The lowest BCUT2D eigenvalue weighted by atomic mass is 10.1. The number of hydrogen-bond acceptors (Lipinski definition) is 2. The molecule has 1 atom stereocenters. The summed E-state index contributed by atoms with van der Waals surface area (Å²) in [4.78, 5) is 27.5. The first kappa shape index (κ1) is 16.5. The Balaban J connectivity index is 2.14. The van der Waals surface area contributed by atoms with E-state index in [2.05, 4.69) is 31.5 Å². The number of hydrogen-bond donors (Lipinski definition) is 3. The van der Waals surface area contributed by atoms with Crippen LogP contribution in [-0.2, 0) is 4.79 Å². The maximum Gasteiger partial charge on any atom is 0.269 e. The van der Waals surface area contributed by atoms with Crippen LogP contribution in [0.3, 0.4) is 0 Å². The quantitative estimate of drug-likeness (QED) is 0.781. The molecule has 0 aliphatic rings. The molecular weight excluding hydrogens is 346 g/mol. The van der Waals surface area contributed by atoms with Crippen LogP contribution in [0, 0.1) is 0 Å². The van der Waals surface area contributed by atoms with Crippen LogP contribution in [0.5, 0.6) is 0 Å². The van der Waals surface area contributed by atoms with E-state index in [4.69, 9.17) is 0 Å². The van der Waals surface area contributed by atoms with Crippen molar-refractivity contribution >= 4 is 38.6 Å². The first-order valence-corrected chi connectivity index (χ1v) is 7.87. The zero-order valence-corrected chi connectivity index (χ0v) is 14.7. The number of aromatic nitrogens is 1. The second-order valence-corrected chi connectivity index (χ2v) is 7.09. The van der Waals surface area contributed by atoms with Crippen LogP contribution in [0.4, 0.5) is 0 Å². The van der Waals surface area contributed by atoms with Crippen molar-refractivity contribution in [3.63, 3.8) is 0 Å². The fourth-order valence-corrected chi connectivity index (χ4v) is 2.70. The summed E-state index contributed by atoms with van der Waals surface area (Å²) in [7, 11) is 0. The van der Waals surface area contributed by atoms with Gasteiger partial charge in [-0.3, -0.25) is 9.59 Å². The van der Waals surface area contributed by atoms with Gasteiger partial charge in [0.05, 0.1) is 4.47 Å². The summed E-state index contributed by atoms with van der Waals surface area (Å²) in [5, 5.41) is 6.48. The summed E-state index contributed by atoms with van der Waals surface area (Å²) in [5.41, 5.74) is 0.945. The third-order valence-electron chi connectivity index (χ3n) is 3.11. The highest BCUT2D eigenvalue weighted by atomic mass is 79.9. The van der Waals surface area contributed by atoms with Crippen molar-refractivity contribution in [1.29, 1.82) is 0 Å². The van der Waals surface area contributed by atoms with E-state index in [1.165, 1.54) is 0 Å². The number of nitrogens with one attached hydrogen (secondary N) is 3. The Bertz CT molecular complexity index is 716. The van der Waals surface area contributed by atoms with E-state index in [1.54, 1.807) is 6.92 Å². The molecule has 2 aromatic rings. The van der Waals surface area contributed by atoms with E-state index in [9.17, 15) is 9.59 Å². The van der Waals surface area contributed by atoms with Gasteiger partial charge in [-0.05, 0) is 49.7 Å². The van der Waals surface area contributed by atoms with E-state index in [0.717, 1.165) is 10.9 Å². The SMILES string of the molecule is CC(NC(=O)c1[nH]c2ccccc2c1Br)C(=O)NC(C)(C)C. The molecule has 1 aromatic carbocycles. The average Bonchev–Trinajstić information content (AvgIpc) is 2.75. The molecule has 2 rings (SSSR count). The molecule has 3 N–H and O–H groups in total. The standard InChI is InChI=1S/C16H20BrN3O2/c1-9(14(21)20-16(2,3)4)18-15(22)13-12(17)10-7-5-6-8-11(10)19-13/h5-9,19H,1-4H3,(H,18,22)(H,20,21). The van der Waals surface area contributed by atoms with Gasteiger partial charge in [-0.1, -0.05) is 18.2 Å². The van der Waals surface area contributed by atoms with Crippen LogP contribution in [-0.4, -0.2) is 28.4 Å². The Morgan fingerprint density at radius 2 is 1.86 bits per heavy atom. The largest absolute Gasteiger partial charge is 0.350 e. The lowest BCUT2D eigenvalue weighted by Crippen LogP contribution is -2.50. The molecule has 0 bridgehead atoms. The van der Waals surface area contributed by atoms with Crippen molar-refractivity contribution in [2.45, 2.75) is 39.3 Å². The predicted octanol–water partition coefficient (Wildman–Crippen LogP) is 2.96. The van der Waals surface area contributed by atoms with Crippen molar-refractivity contribution in [3.05, 3.63) is 34.4 Å². The molecule has 0 spiro atoms. The number of benzene rings is 1. The van der Waals surface area contributed by atoms with Gasteiger partial charge in [0.25, 0.3) is 5.91 Å². The minimum Gasteiger partial charge on any atom is -0.350 e. The highest BCUT2D eigenvalue weighted by molar-refractivity contribution is 9.10. The van der Waals surface area contributed by atoms with Gasteiger partial charge in [0.15, 0.2) is 0 Å². The van der Waals surface area contributed by atoms with Crippen molar-refractivity contribution in [1.82, 2.24) is 15.6 Å². The normalized spacial score (nSPS) is 13.0. The second-order valence-electron chi connectivity index (χ2n) is 6.29. The second kappa shape index (κ2) is 6.12. The van der Waals surface area contributed by atoms with E-state index in [0.29, 0.717) is 10.2 Å². The minimum absolute atomic E-state index is 0.215. The summed E-state index contributed by atoms with van der Waals surface area (Å²) in [5.74, 6) is -0.535. The number of para-hydroxylation sites is 1. The Morgan fingerprint density at radius 3 is 2.45 bits per heavy atom. The fourth-order valence-electron chi connectivity index (χ4n) is 2.08. The van der Waals surface area contributed by atoms with Gasteiger partial charge in [0.2, 0.25) is 5.91 Å². The highest BCUT2D eigenvalue weighted by Crippen LogP contribution is 2.27. The Labute approximate surface area is 138 Å². The summed E-state index contributed by atoms with van der Waals surface area (Å²) < 4.78 is 0.698. The molecule has 0 saturated carbocycles. The third-order valence-corrected chi connectivity index (χ3v) is 3.93. The molecule has 0 radical (unpaired) electrons. The molecule has 0 aliphatic heterocycles. The number of rotatable bonds is 3. The van der Waals surface area contributed by atoms with Crippen molar-refractivity contribution < 1.29 is 9.59 Å². The van der Waals surface area contributed by atoms with Gasteiger partial charge >= 0.3 is 0 Å². The molecule has 2 amide bonds. The molecular formula is C16H20BrN3O2. The molecule has 5 nitrogen and oxygen atoms in total. The molecule has 1 heterocycles. The van der Waals surface area contributed by atoms with Gasteiger partial charge in [0.1, 0.15) is 11.7 Å². The van der Waals surface area contributed by atoms with E-state index in [-0.39, 0.29) is 17.4 Å². The lowest BCUT2D eigenvalue weighted by molar-refractivity contribution is -0.124. The van der Waals surface area contributed by atoms with Crippen LogP contribution in [0.15, 0.2) is 28.7 Å². The van der Waals surface area contributed by atoms with Crippen LogP contribution in [0.1, 0.15) is 38.2 Å². The Kier molecular flexibility index (Phi) is 4.60. The monoisotopic (exact) mass is 365 g/mol. The summed E-state index contributed by atoms with van der Waals surface area (Å²) >= 11 is 3.44. The number of aromatic amines is 1. The molecule has 22 heavy (non-hydrogen) atoms. The smallest absolute Gasteiger partial charge is 0.269 e. The maximum atomic E-state index is 12.4. The zero-order valence-electron chi connectivity index (χ0n) is 13.1. The average molecular weight is 366 g/mol. The van der Waals surface area contributed by atoms with E-state index >= 15 is 0 Å². The van der Waals surface area contributed by atoms with Crippen LogP contribution >= 0.6 is 15.9 Å². The van der Waals surface area contributed by atoms with E-state index in [1.807, 2.05) is 45.0 Å². The maximum absolute atomic E-state index is 12.4. The Morgan fingerprint density at radius 1 is 1.23 bits per heavy atom.